The SMILES string of the molecule is CCc1ccccc1C(=O)N1CCC[C@H](c2ccn[nH]2)C1. The molecule has 1 atom stereocenters. The number of aromatic amines is 1. The number of benzene rings is 1. The second-order valence-electron chi connectivity index (χ2n) is 5.61. The average molecular weight is 283 g/mol. The molecular formula is C17H21N3O. The van der Waals surface area contributed by atoms with Gasteiger partial charge in [0.15, 0.2) is 0 Å². The van der Waals surface area contributed by atoms with E-state index in [-0.39, 0.29) is 5.91 Å². The molecule has 0 spiro atoms. The summed E-state index contributed by atoms with van der Waals surface area (Å²) in [5, 5.41) is 7.07. The van der Waals surface area contributed by atoms with E-state index < -0.39 is 0 Å². The predicted octanol–water partition coefficient (Wildman–Crippen LogP) is 2.99. The van der Waals surface area contributed by atoms with Crippen LogP contribution in [0.25, 0.3) is 0 Å². The maximum absolute atomic E-state index is 12.8. The molecular weight excluding hydrogens is 262 g/mol. The summed E-state index contributed by atoms with van der Waals surface area (Å²) in [5.74, 6) is 0.538. The van der Waals surface area contributed by atoms with Gasteiger partial charge in [-0.15, -0.1) is 0 Å². The van der Waals surface area contributed by atoms with Crippen LogP contribution in [0.3, 0.4) is 0 Å². The van der Waals surface area contributed by atoms with Crippen LogP contribution in [0.15, 0.2) is 36.5 Å². The number of piperidine rings is 1. The Labute approximate surface area is 125 Å². The minimum Gasteiger partial charge on any atom is -0.338 e. The van der Waals surface area contributed by atoms with Crippen LogP contribution in [0.4, 0.5) is 0 Å². The molecule has 1 aliphatic rings. The topological polar surface area (TPSA) is 49.0 Å². The van der Waals surface area contributed by atoms with Crippen LogP contribution in [-0.2, 0) is 6.42 Å². The maximum Gasteiger partial charge on any atom is 0.254 e. The van der Waals surface area contributed by atoms with Gasteiger partial charge in [0, 0.05) is 36.5 Å². The summed E-state index contributed by atoms with van der Waals surface area (Å²) in [5.41, 5.74) is 3.12. The monoisotopic (exact) mass is 283 g/mol. The first kappa shape index (κ1) is 13.9. The van der Waals surface area contributed by atoms with Gasteiger partial charge in [-0.1, -0.05) is 25.1 Å². The fourth-order valence-electron chi connectivity index (χ4n) is 3.12. The Bertz CT molecular complexity index is 606. The Hall–Kier alpha value is -2.10. The van der Waals surface area contributed by atoms with Crippen LogP contribution in [-0.4, -0.2) is 34.1 Å². The molecule has 2 aromatic rings. The molecule has 2 heterocycles. The molecule has 3 rings (SSSR count). The lowest BCUT2D eigenvalue weighted by Gasteiger charge is -2.32. The van der Waals surface area contributed by atoms with E-state index in [1.54, 1.807) is 6.20 Å². The molecule has 4 nitrogen and oxygen atoms in total. The van der Waals surface area contributed by atoms with Crippen LogP contribution >= 0.6 is 0 Å². The molecule has 1 aromatic carbocycles. The molecule has 1 amide bonds. The quantitative estimate of drug-likeness (QED) is 0.941. The van der Waals surface area contributed by atoms with Crippen LogP contribution in [0.1, 0.15) is 47.3 Å². The van der Waals surface area contributed by atoms with Gasteiger partial charge in [-0.05, 0) is 37.0 Å². The highest BCUT2D eigenvalue weighted by Gasteiger charge is 2.26. The molecule has 1 fully saturated rings. The Morgan fingerprint density at radius 1 is 1.38 bits per heavy atom. The summed E-state index contributed by atoms with van der Waals surface area (Å²) in [4.78, 5) is 14.8. The zero-order valence-corrected chi connectivity index (χ0v) is 12.4. The number of carbonyl (C=O) groups excluding carboxylic acids is 1. The number of nitrogens with zero attached hydrogens (tertiary/aromatic N) is 2. The van der Waals surface area contributed by atoms with Crippen molar-refractivity contribution in [2.45, 2.75) is 32.1 Å². The highest BCUT2D eigenvalue weighted by molar-refractivity contribution is 5.95. The van der Waals surface area contributed by atoms with Gasteiger partial charge < -0.3 is 4.90 Å². The van der Waals surface area contributed by atoms with Gasteiger partial charge >= 0.3 is 0 Å². The van der Waals surface area contributed by atoms with Gasteiger partial charge in [0.25, 0.3) is 5.91 Å². The van der Waals surface area contributed by atoms with E-state index in [2.05, 4.69) is 17.1 Å². The Balaban J connectivity index is 1.78. The highest BCUT2D eigenvalue weighted by atomic mass is 16.2. The molecule has 110 valence electrons. The summed E-state index contributed by atoms with van der Waals surface area (Å²) >= 11 is 0. The number of H-pyrrole nitrogens is 1. The van der Waals surface area contributed by atoms with Crippen molar-refractivity contribution in [1.82, 2.24) is 15.1 Å². The fraction of sp³-hybridized carbons (Fsp3) is 0.412. The standard InChI is InChI=1S/C17H21N3O/c1-2-13-6-3-4-8-15(13)17(21)20-11-5-7-14(12-20)16-9-10-18-19-16/h3-4,6,8-10,14H,2,5,7,11-12H2,1H3,(H,18,19)/t14-/m0/s1. The van der Waals surface area contributed by atoms with E-state index >= 15 is 0 Å². The molecule has 1 saturated heterocycles. The number of nitrogens with one attached hydrogen (secondary N) is 1. The Morgan fingerprint density at radius 2 is 2.24 bits per heavy atom. The first-order chi connectivity index (χ1) is 10.3. The van der Waals surface area contributed by atoms with E-state index in [4.69, 9.17) is 0 Å². The second-order valence-corrected chi connectivity index (χ2v) is 5.61. The molecule has 1 N–H and O–H groups in total. The van der Waals surface area contributed by atoms with E-state index in [0.717, 1.165) is 49.2 Å². The maximum atomic E-state index is 12.8. The van der Waals surface area contributed by atoms with Crippen LogP contribution < -0.4 is 0 Å². The van der Waals surface area contributed by atoms with Crippen molar-refractivity contribution in [2.75, 3.05) is 13.1 Å². The first-order valence-electron chi connectivity index (χ1n) is 7.66. The lowest BCUT2D eigenvalue weighted by molar-refractivity contribution is 0.0705. The normalized spacial score (nSPS) is 18.7. The zero-order chi connectivity index (χ0) is 14.7. The smallest absolute Gasteiger partial charge is 0.254 e. The summed E-state index contributed by atoms with van der Waals surface area (Å²) < 4.78 is 0. The van der Waals surface area contributed by atoms with Crippen LogP contribution in [0, 0.1) is 0 Å². The minimum absolute atomic E-state index is 0.164. The largest absolute Gasteiger partial charge is 0.338 e. The van der Waals surface area contributed by atoms with Crippen molar-refractivity contribution >= 4 is 5.91 Å². The number of aromatic nitrogens is 2. The van der Waals surface area contributed by atoms with E-state index in [1.807, 2.05) is 35.2 Å². The molecule has 0 bridgehead atoms. The number of amides is 1. The summed E-state index contributed by atoms with van der Waals surface area (Å²) in [6.07, 6.45) is 4.83. The van der Waals surface area contributed by atoms with Crippen molar-refractivity contribution in [3.8, 4) is 0 Å². The first-order valence-corrected chi connectivity index (χ1v) is 7.66. The van der Waals surface area contributed by atoms with Crippen LogP contribution in [0.5, 0.6) is 0 Å². The zero-order valence-electron chi connectivity index (χ0n) is 12.4. The number of likely N-dealkylation sites (tertiary alicyclic amines) is 1. The van der Waals surface area contributed by atoms with Gasteiger partial charge in [0.1, 0.15) is 0 Å². The minimum atomic E-state index is 0.164. The molecule has 0 radical (unpaired) electrons. The van der Waals surface area contributed by atoms with Gasteiger partial charge in [-0.3, -0.25) is 9.89 Å². The number of aryl methyl sites for hydroxylation is 1. The second kappa shape index (κ2) is 6.12. The molecule has 0 saturated carbocycles. The van der Waals surface area contributed by atoms with Crippen molar-refractivity contribution < 1.29 is 4.79 Å². The van der Waals surface area contributed by atoms with Gasteiger partial charge in [0.05, 0.1) is 0 Å². The summed E-state index contributed by atoms with van der Waals surface area (Å²) in [6, 6.07) is 9.95. The number of carbonyl (C=O) groups is 1. The van der Waals surface area contributed by atoms with Crippen molar-refractivity contribution in [3.63, 3.8) is 0 Å². The van der Waals surface area contributed by atoms with Gasteiger partial charge in [-0.25, -0.2) is 0 Å². The average Bonchev–Trinajstić information content (AvgIpc) is 3.09. The van der Waals surface area contributed by atoms with Crippen molar-refractivity contribution in [1.29, 1.82) is 0 Å². The fourth-order valence-corrected chi connectivity index (χ4v) is 3.12. The molecule has 21 heavy (non-hydrogen) atoms. The van der Waals surface area contributed by atoms with E-state index in [9.17, 15) is 4.79 Å². The van der Waals surface area contributed by atoms with Gasteiger partial charge in [-0.2, -0.15) is 5.10 Å². The molecule has 1 aromatic heterocycles. The number of hydrogen-bond donors (Lipinski definition) is 1. The molecule has 4 heteroatoms. The predicted molar refractivity (Wildman–Crippen MR) is 82.3 cm³/mol. The highest BCUT2D eigenvalue weighted by Crippen LogP contribution is 2.26. The van der Waals surface area contributed by atoms with E-state index in [0.29, 0.717) is 5.92 Å². The number of hydrogen-bond acceptors (Lipinski definition) is 2. The lowest BCUT2D eigenvalue weighted by atomic mass is 9.94. The summed E-state index contributed by atoms with van der Waals surface area (Å²) in [7, 11) is 0. The third kappa shape index (κ3) is 2.84. The lowest BCUT2D eigenvalue weighted by Crippen LogP contribution is -2.39. The van der Waals surface area contributed by atoms with Crippen LogP contribution in [0.2, 0.25) is 0 Å². The molecule has 0 unspecified atom stereocenters. The Morgan fingerprint density at radius 3 is 3.00 bits per heavy atom. The molecule has 0 aliphatic carbocycles. The summed E-state index contributed by atoms with van der Waals surface area (Å²) in [6.45, 7) is 3.72. The van der Waals surface area contributed by atoms with Crippen molar-refractivity contribution in [3.05, 3.63) is 53.3 Å². The third-order valence-corrected chi connectivity index (χ3v) is 4.30. The Kier molecular flexibility index (Phi) is 4.04. The van der Waals surface area contributed by atoms with E-state index in [1.165, 1.54) is 0 Å². The number of rotatable bonds is 3. The van der Waals surface area contributed by atoms with Gasteiger partial charge in [0.2, 0.25) is 0 Å². The third-order valence-electron chi connectivity index (χ3n) is 4.30. The van der Waals surface area contributed by atoms with Crippen molar-refractivity contribution in [2.24, 2.45) is 0 Å². The molecule has 1 aliphatic heterocycles.